The highest BCUT2D eigenvalue weighted by Crippen LogP contribution is 2.29. The molecule has 0 amide bonds. The summed E-state index contributed by atoms with van der Waals surface area (Å²) in [6, 6.07) is 4.05. The maximum atomic E-state index is 13.1. The van der Waals surface area contributed by atoms with Crippen LogP contribution < -0.4 is 0 Å². The van der Waals surface area contributed by atoms with E-state index in [-0.39, 0.29) is 5.38 Å². The molecule has 1 aromatic rings. The van der Waals surface area contributed by atoms with Gasteiger partial charge in [0.1, 0.15) is 0 Å². The molecular weight excluding hydrogens is 266 g/mol. The van der Waals surface area contributed by atoms with Crippen LogP contribution >= 0.6 is 11.6 Å². The lowest BCUT2D eigenvalue weighted by Gasteiger charge is -2.22. The Labute approximate surface area is 119 Å². The van der Waals surface area contributed by atoms with Gasteiger partial charge in [-0.25, -0.2) is 8.78 Å². The van der Waals surface area contributed by atoms with Gasteiger partial charge >= 0.3 is 0 Å². The quantitative estimate of drug-likeness (QED) is 0.629. The van der Waals surface area contributed by atoms with Crippen LogP contribution in [0.2, 0.25) is 0 Å². The zero-order valence-electron chi connectivity index (χ0n) is 11.2. The van der Waals surface area contributed by atoms with E-state index in [2.05, 4.69) is 0 Å². The van der Waals surface area contributed by atoms with Gasteiger partial charge in [-0.15, -0.1) is 11.6 Å². The third kappa shape index (κ3) is 4.76. The summed E-state index contributed by atoms with van der Waals surface area (Å²) < 4.78 is 25.9. The minimum absolute atomic E-state index is 0.0202. The lowest BCUT2D eigenvalue weighted by molar-refractivity contribution is 0.330. The molecule has 0 saturated heterocycles. The van der Waals surface area contributed by atoms with Gasteiger partial charge in [0.05, 0.1) is 0 Å². The number of hydrogen-bond acceptors (Lipinski definition) is 0. The summed E-state index contributed by atoms with van der Waals surface area (Å²) in [6.07, 6.45) is 9.47. The highest BCUT2D eigenvalue weighted by Gasteiger charge is 2.16. The molecule has 2 rings (SSSR count). The molecule has 1 saturated carbocycles. The second kappa shape index (κ2) is 7.23. The van der Waals surface area contributed by atoms with Gasteiger partial charge in [-0.05, 0) is 42.9 Å². The largest absolute Gasteiger partial charge is 0.204 e. The van der Waals surface area contributed by atoms with E-state index >= 15 is 0 Å². The molecule has 19 heavy (non-hydrogen) atoms. The molecular formula is C16H21ClF2. The molecule has 0 bridgehead atoms. The average molecular weight is 287 g/mol. The summed E-state index contributed by atoms with van der Waals surface area (Å²) in [5.41, 5.74) is 0.780. The van der Waals surface area contributed by atoms with E-state index < -0.39 is 11.6 Å². The molecule has 0 heterocycles. The smallest absolute Gasteiger partial charge is 0.159 e. The zero-order valence-corrected chi connectivity index (χ0v) is 11.9. The molecule has 106 valence electrons. The Balaban J connectivity index is 1.76. The molecule has 1 fully saturated rings. The monoisotopic (exact) mass is 286 g/mol. The molecule has 3 heteroatoms. The lowest BCUT2D eigenvalue weighted by atomic mass is 9.85. The Morgan fingerprint density at radius 2 is 1.84 bits per heavy atom. The topological polar surface area (TPSA) is 0 Å². The van der Waals surface area contributed by atoms with E-state index in [9.17, 15) is 8.78 Å². The Hall–Kier alpha value is -0.630. The van der Waals surface area contributed by atoms with E-state index in [1.807, 2.05) is 0 Å². The van der Waals surface area contributed by atoms with Gasteiger partial charge in [0.25, 0.3) is 0 Å². The predicted molar refractivity (Wildman–Crippen MR) is 75.5 cm³/mol. The van der Waals surface area contributed by atoms with Gasteiger partial charge in [-0.3, -0.25) is 0 Å². The fraction of sp³-hybridized carbons (Fsp3) is 0.625. The van der Waals surface area contributed by atoms with Gasteiger partial charge in [0.2, 0.25) is 0 Å². The van der Waals surface area contributed by atoms with Crippen LogP contribution in [-0.2, 0) is 6.42 Å². The fourth-order valence-electron chi connectivity index (χ4n) is 2.92. The molecule has 1 aliphatic carbocycles. The minimum atomic E-state index is -0.794. The van der Waals surface area contributed by atoms with Crippen molar-refractivity contribution in [2.45, 2.75) is 56.7 Å². The predicted octanol–water partition coefficient (Wildman–Crippen LogP) is 5.48. The van der Waals surface area contributed by atoms with Crippen molar-refractivity contribution in [2.75, 3.05) is 0 Å². The summed E-state index contributed by atoms with van der Waals surface area (Å²) in [5, 5.41) is 0.0202. The van der Waals surface area contributed by atoms with Crippen LogP contribution in [0.15, 0.2) is 18.2 Å². The number of benzene rings is 1. The number of halogens is 3. The summed E-state index contributed by atoms with van der Waals surface area (Å²) in [5.74, 6) is -0.759. The standard InChI is InChI=1S/C16H21ClF2/c17-14(8-6-12-4-2-1-3-5-12)10-13-7-9-15(18)16(19)11-13/h7,9,11-12,14H,1-6,8,10H2. The van der Waals surface area contributed by atoms with Gasteiger partial charge in [-0.1, -0.05) is 38.2 Å². The number of rotatable bonds is 5. The van der Waals surface area contributed by atoms with Crippen LogP contribution in [0.25, 0.3) is 0 Å². The van der Waals surface area contributed by atoms with Crippen LogP contribution in [-0.4, -0.2) is 5.38 Å². The van der Waals surface area contributed by atoms with Crippen LogP contribution in [0, 0.1) is 17.6 Å². The van der Waals surface area contributed by atoms with Crippen molar-refractivity contribution in [1.82, 2.24) is 0 Å². The second-order valence-electron chi connectivity index (χ2n) is 5.63. The zero-order chi connectivity index (χ0) is 13.7. The number of alkyl halides is 1. The maximum absolute atomic E-state index is 13.1. The first-order valence-electron chi connectivity index (χ1n) is 7.23. The Kier molecular flexibility index (Phi) is 5.62. The van der Waals surface area contributed by atoms with Crippen LogP contribution in [0.5, 0.6) is 0 Å². The molecule has 0 nitrogen and oxygen atoms in total. The van der Waals surface area contributed by atoms with Crippen molar-refractivity contribution in [1.29, 1.82) is 0 Å². The molecule has 1 aromatic carbocycles. The Morgan fingerprint density at radius 3 is 2.53 bits per heavy atom. The first-order valence-corrected chi connectivity index (χ1v) is 7.67. The highest BCUT2D eigenvalue weighted by molar-refractivity contribution is 6.20. The van der Waals surface area contributed by atoms with Crippen molar-refractivity contribution in [2.24, 2.45) is 5.92 Å². The number of hydrogen-bond donors (Lipinski definition) is 0. The van der Waals surface area contributed by atoms with Crippen molar-refractivity contribution in [3.8, 4) is 0 Å². The fourth-order valence-corrected chi connectivity index (χ4v) is 3.22. The van der Waals surface area contributed by atoms with Crippen LogP contribution in [0.1, 0.15) is 50.5 Å². The first-order chi connectivity index (χ1) is 9.15. The second-order valence-corrected chi connectivity index (χ2v) is 6.25. The van der Waals surface area contributed by atoms with E-state index in [4.69, 9.17) is 11.6 Å². The third-order valence-electron chi connectivity index (χ3n) is 4.05. The van der Waals surface area contributed by atoms with Crippen molar-refractivity contribution in [3.05, 3.63) is 35.4 Å². The van der Waals surface area contributed by atoms with Crippen LogP contribution in [0.4, 0.5) is 8.78 Å². The molecule has 1 aliphatic rings. The maximum Gasteiger partial charge on any atom is 0.159 e. The first kappa shape index (κ1) is 14.8. The van der Waals surface area contributed by atoms with Gasteiger partial charge < -0.3 is 0 Å². The lowest BCUT2D eigenvalue weighted by Crippen LogP contribution is -2.11. The van der Waals surface area contributed by atoms with Gasteiger partial charge in [0, 0.05) is 5.38 Å². The SMILES string of the molecule is Fc1ccc(CC(Cl)CCC2CCCCC2)cc1F. The molecule has 1 unspecified atom stereocenters. The molecule has 0 radical (unpaired) electrons. The third-order valence-corrected chi connectivity index (χ3v) is 4.43. The summed E-state index contributed by atoms with van der Waals surface area (Å²) in [7, 11) is 0. The van der Waals surface area contributed by atoms with Crippen molar-refractivity contribution < 1.29 is 8.78 Å². The Bertz CT molecular complexity index is 400. The van der Waals surface area contributed by atoms with E-state index in [0.29, 0.717) is 6.42 Å². The van der Waals surface area contributed by atoms with Crippen LogP contribution in [0.3, 0.4) is 0 Å². The van der Waals surface area contributed by atoms with E-state index in [1.165, 1.54) is 44.2 Å². The molecule has 1 atom stereocenters. The van der Waals surface area contributed by atoms with Gasteiger partial charge in [-0.2, -0.15) is 0 Å². The average Bonchev–Trinajstić information content (AvgIpc) is 2.42. The van der Waals surface area contributed by atoms with Crippen molar-refractivity contribution >= 4 is 11.6 Å². The molecule has 0 spiro atoms. The van der Waals surface area contributed by atoms with Gasteiger partial charge in [0.15, 0.2) is 11.6 Å². The highest BCUT2D eigenvalue weighted by atomic mass is 35.5. The summed E-state index contributed by atoms with van der Waals surface area (Å²) in [6.45, 7) is 0. The summed E-state index contributed by atoms with van der Waals surface area (Å²) in [4.78, 5) is 0. The van der Waals surface area contributed by atoms with Crippen molar-refractivity contribution in [3.63, 3.8) is 0 Å². The summed E-state index contributed by atoms with van der Waals surface area (Å²) >= 11 is 6.31. The Morgan fingerprint density at radius 1 is 1.11 bits per heavy atom. The molecule has 0 N–H and O–H groups in total. The van der Waals surface area contributed by atoms with E-state index in [0.717, 1.165) is 24.3 Å². The molecule has 0 aliphatic heterocycles. The normalized spacial score (nSPS) is 18.5. The minimum Gasteiger partial charge on any atom is -0.204 e. The van der Waals surface area contributed by atoms with E-state index in [1.54, 1.807) is 6.07 Å². The molecule has 0 aromatic heterocycles.